The molecular weight excluding hydrogens is 241 g/mol. The highest BCUT2D eigenvalue weighted by molar-refractivity contribution is 5.76. The molecule has 0 amide bonds. The van der Waals surface area contributed by atoms with Gasteiger partial charge in [0.15, 0.2) is 0 Å². The number of fused-ring (bicyclic) bond motifs is 1. The van der Waals surface area contributed by atoms with Crippen LogP contribution in [0.4, 0.5) is 4.39 Å². The van der Waals surface area contributed by atoms with Crippen LogP contribution in [0.3, 0.4) is 0 Å². The van der Waals surface area contributed by atoms with Crippen LogP contribution in [0.1, 0.15) is 44.0 Å². The highest BCUT2D eigenvalue weighted by atomic mass is 19.1. The van der Waals surface area contributed by atoms with Crippen molar-refractivity contribution in [3.8, 4) is 0 Å². The number of nitrogens with zero attached hydrogens (tertiary/aromatic N) is 2. The predicted octanol–water partition coefficient (Wildman–Crippen LogP) is 3.18. The smallest absolute Gasteiger partial charge is 0.125 e. The molecule has 0 radical (unpaired) electrons. The number of rotatable bonds is 6. The van der Waals surface area contributed by atoms with Gasteiger partial charge in [-0.15, -0.1) is 0 Å². The zero-order valence-electron chi connectivity index (χ0n) is 11.1. The van der Waals surface area contributed by atoms with Crippen LogP contribution in [0.5, 0.6) is 0 Å². The van der Waals surface area contributed by atoms with E-state index in [1.807, 2.05) is 0 Å². The molecule has 1 aliphatic rings. The molecule has 2 N–H and O–H groups in total. The molecule has 3 rings (SSSR count). The SMILES string of the molecule is NCCCCCc1nc2ccc(F)cc2n1C1CC1. The van der Waals surface area contributed by atoms with E-state index >= 15 is 0 Å². The number of aryl methyl sites for hydroxylation is 1. The van der Waals surface area contributed by atoms with Gasteiger partial charge in [0.2, 0.25) is 0 Å². The van der Waals surface area contributed by atoms with Gasteiger partial charge in [-0.1, -0.05) is 6.42 Å². The number of imidazole rings is 1. The Morgan fingerprint density at radius 2 is 2.11 bits per heavy atom. The van der Waals surface area contributed by atoms with Crippen molar-refractivity contribution >= 4 is 11.0 Å². The number of nitrogens with two attached hydrogens (primary N) is 1. The van der Waals surface area contributed by atoms with Gasteiger partial charge in [0.1, 0.15) is 11.6 Å². The van der Waals surface area contributed by atoms with Gasteiger partial charge < -0.3 is 10.3 Å². The summed E-state index contributed by atoms with van der Waals surface area (Å²) in [6, 6.07) is 5.43. The van der Waals surface area contributed by atoms with Gasteiger partial charge in [-0.2, -0.15) is 0 Å². The number of unbranched alkanes of at least 4 members (excludes halogenated alkanes) is 2. The molecule has 0 aliphatic heterocycles. The van der Waals surface area contributed by atoms with Gasteiger partial charge in [-0.05, 0) is 50.4 Å². The summed E-state index contributed by atoms with van der Waals surface area (Å²) in [7, 11) is 0. The molecule has 0 atom stereocenters. The maximum absolute atomic E-state index is 13.4. The second kappa shape index (κ2) is 5.29. The molecule has 1 fully saturated rings. The molecule has 1 aliphatic carbocycles. The Morgan fingerprint density at radius 3 is 2.84 bits per heavy atom. The first-order valence-corrected chi connectivity index (χ1v) is 7.16. The first kappa shape index (κ1) is 12.6. The van der Waals surface area contributed by atoms with Crippen LogP contribution < -0.4 is 5.73 Å². The lowest BCUT2D eigenvalue weighted by Gasteiger charge is -2.07. The van der Waals surface area contributed by atoms with Crippen molar-refractivity contribution in [2.24, 2.45) is 5.73 Å². The monoisotopic (exact) mass is 261 g/mol. The summed E-state index contributed by atoms with van der Waals surface area (Å²) < 4.78 is 15.7. The zero-order chi connectivity index (χ0) is 13.2. The van der Waals surface area contributed by atoms with Gasteiger partial charge in [0.25, 0.3) is 0 Å². The van der Waals surface area contributed by atoms with Crippen molar-refractivity contribution in [2.45, 2.75) is 44.6 Å². The van der Waals surface area contributed by atoms with E-state index in [1.54, 1.807) is 12.1 Å². The molecule has 1 aromatic heterocycles. The second-order valence-corrected chi connectivity index (χ2v) is 5.36. The molecule has 1 saturated carbocycles. The lowest BCUT2D eigenvalue weighted by atomic mass is 10.2. The van der Waals surface area contributed by atoms with E-state index in [9.17, 15) is 4.39 Å². The third kappa shape index (κ3) is 2.63. The van der Waals surface area contributed by atoms with Crippen molar-refractivity contribution in [3.05, 3.63) is 29.8 Å². The molecule has 3 nitrogen and oxygen atoms in total. The van der Waals surface area contributed by atoms with Crippen molar-refractivity contribution in [1.29, 1.82) is 0 Å². The van der Waals surface area contributed by atoms with Crippen LogP contribution in [0.25, 0.3) is 11.0 Å². The fourth-order valence-electron chi connectivity index (χ4n) is 2.64. The molecule has 0 spiro atoms. The Labute approximate surface area is 112 Å². The van der Waals surface area contributed by atoms with Gasteiger partial charge in [0.05, 0.1) is 11.0 Å². The molecule has 1 heterocycles. The summed E-state index contributed by atoms with van der Waals surface area (Å²) in [4.78, 5) is 4.68. The van der Waals surface area contributed by atoms with Crippen LogP contribution in [0.2, 0.25) is 0 Å². The molecule has 0 unspecified atom stereocenters. The van der Waals surface area contributed by atoms with Gasteiger partial charge >= 0.3 is 0 Å². The second-order valence-electron chi connectivity index (χ2n) is 5.36. The first-order valence-electron chi connectivity index (χ1n) is 7.16. The number of aromatic nitrogens is 2. The van der Waals surface area contributed by atoms with Gasteiger partial charge in [0, 0.05) is 12.5 Å². The fourth-order valence-corrected chi connectivity index (χ4v) is 2.64. The Morgan fingerprint density at radius 1 is 1.26 bits per heavy atom. The molecule has 1 aromatic carbocycles. The number of benzene rings is 1. The third-order valence-electron chi connectivity index (χ3n) is 3.74. The van der Waals surface area contributed by atoms with E-state index in [2.05, 4.69) is 9.55 Å². The quantitative estimate of drug-likeness (QED) is 0.812. The van der Waals surface area contributed by atoms with E-state index in [-0.39, 0.29) is 5.82 Å². The van der Waals surface area contributed by atoms with E-state index < -0.39 is 0 Å². The standard InChI is InChI=1S/C15H20FN3/c16-11-5-8-13-14(10-11)19(12-6-7-12)15(18-13)4-2-1-3-9-17/h5,8,10,12H,1-4,6-7,9,17H2. The Balaban J connectivity index is 1.87. The lowest BCUT2D eigenvalue weighted by molar-refractivity contribution is 0.621. The molecule has 0 saturated heterocycles. The first-order chi connectivity index (χ1) is 9.29. The van der Waals surface area contributed by atoms with Crippen molar-refractivity contribution in [3.63, 3.8) is 0 Å². The van der Waals surface area contributed by atoms with E-state index in [1.165, 1.54) is 18.9 Å². The predicted molar refractivity (Wildman–Crippen MR) is 74.6 cm³/mol. The van der Waals surface area contributed by atoms with Crippen molar-refractivity contribution < 1.29 is 4.39 Å². The molecule has 0 bridgehead atoms. The largest absolute Gasteiger partial charge is 0.330 e. The van der Waals surface area contributed by atoms with E-state index in [0.717, 1.165) is 49.1 Å². The highest BCUT2D eigenvalue weighted by Crippen LogP contribution is 2.39. The minimum Gasteiger partial charge on any atom is -0.330 e. The topological polar surface area (TPSA) is 43.8 Å². The minimum atomic E-state index is -0.177. The number of halogens is 1. The van der Waals surface area contributed by atoms with Crippen LogP contribution in [-0.4, -0.2) is 16.1 Å². The maximum Gasteiger partial charge on any atom is 0.125 e. The molecule has 2 aromatic rings. The van der Waals surface area contributed by atoms with Gasteiger partial charge in [-0.3, -0.25) is 0 Å². The van der Waals surface area contributed by atoms with Crippen LogP contribution in [0, 0.1) is 5.82 Å². The van der Waals surface area contributed by atoms with Crippen LogP contribution in [0.15, 0.2) is 18.2 Å². The van der Waals surface area contributed by atoms with Crippen molar-refractivity contribution in [1.82, 2.24) is 9.55 Å². The van der Waals surface area contributed by atoms with Crippen molar-refractivity contribution in [2.75, 3.05) is 6.54 Å². The molecule has 4 heteroatoms. The molecular formula is C15H20FN3. The summed E-state index contributed by atoms with van der Waals surface area (Å²) >= 11 is 0. The third-order valence-corrected chi connectivity index (χ3v) is 3.74. The van der Waals surface area contributed by atoms with Crippen LogP contribution in [-0.2, 0) is 6.42 Å². The molecule has 19 heavy (non-hydrogen) atoms. The summed E-state index contributed by atoms with van der Waals surface area (Å²) in [6.07, 6.45) is 6.66. The lowest BCUT2D eigenvalue weighted by Crippen LogP contribution is -2.03. The fraction of sp³-hybridized carbons (Fsp3) is 0.533. The van der Waals surface area contributed by atoms with Crippen LogP contribution >= 0.6 is 0 Å². The average molecular weight is 261 g/mol. The normalized spacial score (nSPS) is 15.3. The zero-order valence-corrected chi connectivity index (χ0v) is 11.1. The van der Waals surface area contributed by atoms with E-state index in [0.29, 0.717) is 6.04 Å². The summed E-state index contributed by atoms with van der Waals surface area (Å²) in [5.41, 5.74) is 7.39. The summed E-state index contributed by atoms with van der Waals surface area (Å²) in [5, 5.41) is 0. The molecule has 102 valence electrons. The Bertz CT molecular complexity index is 572. The average Bonchev–Trinajstić information content (AvgIpc) is 3.17. The van der Waals surface area contributed by atoms with Gasteiger partial charge in [-0.25, -0.2) is 9.37 Å². The Kier molecular flexibility index (Phi) is 3.51. The number of hydrogen-bond donors (Lipinski definition) is 1. The Hall–Kier alpha value is -1.42. The minimum absolute atomic E-state index is 0.177. The maximum atomic E-state index is 13.4. The highest BCUT2D eigenvalue weighted by Gasteiger charge is 2.28. The summed E-state index contributed by atoms with van der Waals surface area (Å²) in [6.45, 7) is 0.754. The summed E-state index contributed by atoms with van der Waals surface area (Å²) in [5.74, 6) is 0.934. The van der Waals surface area contributed by atoms with E-state index in [4.69, 9.17) is 5.73 Å². The number of hydrogen-bond acceptors (Lipinski definition) is 2.